The molecular weight excluding hydrogens is 429 g/mol. The van der Waals surface area contributed by atoms with Crippen molar-refractivity contribution in [1.82, 2.24) is 19.8 Å². The van der Waals surface area contributed by atoms with E-state index in [-0.39, 0.29) is 17.1 Å². The summed E-state index contributed by atoms with van der Waals surface area (Å²) >= 11 is 0. The Morgan fingerprint density at radius 3 is 2.38 bits per heavy atom. The van der Waals surface area contributed by atoms with E-state index in [9.17, 15) is 9.18 Å². The van der Waals surface area contributed by atoms with E-state index in [1.165, 1.54) is 11.6 Å². The fourth-order valence-electron chi connectivity index (χ4n) is 6.25. The highest BCUT2D eigenvalue weighted by Gasteiger charge is 2.54. The van der Waals surface area contributed by atoms with Crippen LogP contribution >= 0.6 is 0 Å². The normalized spacial score (nSPS) is 21.4. The zero-order valence-corrected chi connectivity index (χ0v) is 19.2. The molecule has 4 heterocycles. The molecule has 7 heteroatoms. The van der Waals surface area contributed by atoms with Crippen LogP contribution in [0.25, 0.3) is 11.1 Å². The number of halogens is 1. The largest absolute Gasteiger partial charge is 0.337 e. The summed E-state index contributed by atoms with van der Waals surface area (Å²) in [6.45, 7) is 4.68. The van der Waals surface area contributed by atoms with Crippen LogP contribution in [0.4, 0.5) is 16.0 Å². The molecule has 1 amide bonds. The second kappa shape index (κ2) is 6.85. The van der Waals surface area contributed by atoms with E-state index in [0.717, 1.165) is 56.8 Å². The number of anilines is 2. The molecule has 1 aromatic heterocycles. The molecule has 172 valence electrons. The second-order valence-electron chi connectivity index (χ2n) is 10.7. The third-order valence-corrected chi connectivity index (χ3v) is 8.04. The number of rotatable bonds is 3. The summed E-state index contributed by atoms with van der Waals surface area (Å²) in [4.78, 5) is 28.8. The first kappa shape index (κ1) is 20.1. The van der Waals surface area contributed by atoms with Gasteiger partial charge in [-0.1, -0.05) is 24.3 Å². The summed E-state index contributed by atoms with van der Waals surface area (Å²) in [6, 6.07) is 12.8. The number of benzene rings is 2. The van der Waals surface area contributed by atoms with E-state index in [1.807, 2.05) is 23.1 Å². The molecule has 7 rings (SSSR count). The number of carbonyl (C=O) groups excluding carboxylic acids is 1. The van der Waals surface area contributed by atoms with Gasteiger partial charge >= 0.3 is 0 Å². The molecule has 0 atom stereocenters. The van der Waals surface area contributed by atoms with Crippen molar-refractivity contribution in [3.63, 3.8) is 0 Å². The van der Waals surface area contributed by atoms with Gasteiger partial charge in [-0.05, 0) is 43.7 Å². The first-order valence-corrected chi connectivity index (χ1v) is 11.9. The molecular formula is C27H26FN5O. The molecule has 34 heavy (non-hydrogen) atoms. The van der Waals surface area contributed by atoms with Crippen LogP contribution in [0.5, 0.6) is 0 Å². The lowest BCUT2D eigenvalue weighted by molar-refractivity contribution is -0.0872. The molecule has 2 aromatic carbocycles. The lowest BCUT2D eigenvalue weighted by atomic mass is 9.73. The van der Waals surface area contributed by atoms with Crippen molar-refractivity contribution in [3.05, 3.63) is 71.8 Å². The molecule has 3 aliphatic heterocycles. The van der Waals surface area contributed by atoms with Gasteiger partial charge in [0.25, 0.3) is 5.91 Å². The van der Waals surface area contributed by atoms with Crippen LogP contribution in [0.15, 0.2) is 54.9 Å². The van der Waals surface area contributed by atoms with E-state index >= 15 is 0 Å². The molecule has 0 radical (unpaired) electrons. The van der Waals surface area contributed by atoms with Gasteiger partial charge in [0.1, 0.15) is 5.82 Å². The lowest BCUT2D eigenvalue weighted by Crippen LogP contribution is -2.72. The fourth-order valence-corrected chi connectivity index (χ4v) is 6.25. The smallest absolute Gasteiger partial charge is 0.253 e. The predicted octanol–water partition coefficient (Wildman–Crippen LogP) is 3.85. The standard InChI is InChI=1S/C27H26FN5O/c1-31-13-26(14-31)15-32(16-26)24(34)18-6-7-21-23(10-18)33(17-27(21)8-9-27)25-29-11-19(12-30-25)20-4-2-3-5-22(20)28/h2-7,10-12H,8-9,13-17H2,1H3. The van der Waals surface area contributed by atoms with E-state index in [0.29, 0.717) is 22.5 Å². The molecule has 4 aliphatic rings. The third-order valence-electron chi connectivity index (χ3n) is 8.04. The Morgan fingerprint density at radius 1 is 0.971 bits per heavy atom. The monoisotopic (exact) mass is 455 g/mol. The van der Waals surface area contributed by atoms with E-state index in [2.05, 4.69) is 32.9 Å². The van der Waals surface area contributed by atoms with Gasteiger partial charge < -0.3 is 14.7 Å². The summed E-state index contributed by atoms with van der Waals surface area (Å²) in [7, 11) is 2.13. The van der Waals surface area contributed by atoms with Gasteiger partial charge in [0.15, 0.2) is 0 Å². The first-order chi connectivity index (χ1) is 16.5. The van der Waals surface area contributed by atoms with Crippen LogP contribution in [-0.4, -0.2) is 65.4 Å². The number of aromatic nitrogens is 2. The first-order valence-electron chi connectivity index (χ1n) is 11.9. The van der Waals surface area contributed by atoms with Gasteiger partial charge in [-0.15, -0.1) is 0 Å². The van der Waals surface area contributed by atoms with Crippen molar-refractivity contribution < 1.29 is 9.18 Å². The van der Waals surface area contributed by atoms with E-state index in [4.69, 9.17) is 0 Å². The maximum absolute atomic E-state index is 14.2. The van der Waals surface area contributed by atoms with Crippen LogP contribution < -0.4 is 4.90 Å². The molecule has 1 saturated carbocycles. The number of nitrogens with zero attached hydrogens (tertiary/aromatic N) is 5. The zero-order chi connectivity index (χ0) is 23.1. The minimum atomic E-state index is -0.285. The summed E-state index contributed by atoms with van der Waals surface area (Å²) in [5.41, 5.74) is 4.65. The summed E-state index contributed by atoms with van der Waals surface area (Å²) < 4.78 is 14.2. The van der Waals surface area contributed by atoms with Gasteiger partial charge in [0.2, 0.25) is 5.95 Å². The number of fused-ring (bicyclic) bond motifs is 2. The van der Waals surface area contributed by atoms with Crippen LogP contribution in [0.1, 0.15) is 28.8 Å². The Bertz CT molecular complexity index is 1300. The molecule has 0 bridgehead atoms. The summed E-state index contributed by atoms with van der Waals surface area (Å²) in [5, 5.41) is 0. The lowest BCUT2D eigenvalue weighted by Gasteiger charge is -2.59. The molecule has 2 saturated heterocycles. The number of amides is 1. The molecule has 3 aromatic rings. The van der Waals surface area contributed by atoms with E-state index < -0.39 is 0 Å². The third kappa shape index (κ3) is 2.92. The fraction of sp³-hybridized carbons (Fsp3) is 0.370. The molecule has 3 fully saturated rings. The van der Waals surface area contributed by atoms with Crippen molar-refractivity contribution in [2.45, 2.75) is 18.3 Å². The topological polar surface area (TPSA) is 52.6 Å². The maximum Gasteiger partial charge on any atom is 0.253 e. The minimum Gasteiger partial charge on any atom is -0.337 e. The average Bonchev–Trinajstić information content (AvgIpc) is 3.52. The van der Waals surface area contributed by atoms with Crippen LogP contribution in [0.3, 0.4) is 0 Å². The van der Waals surface area contributed by atoms with Crippen molar-refractivity contribution in [1.29, 1.82) is 0 Å². The molecule has 1 aliphatic carbocycles. The average molecular weight is 456 g/mol. The Balaban J connectivity index is 1.17. The number of hydrogen-bond acceptors (Lipinski definition) is 5. The van der Waals surface area contributed by atoms with Crippen molar-refractivity contribution in [2.24, 2.45) is 5.41 Å². The van der Waals surface area contributed by atoms with Gasteiger partial charge in [-0.25, -0.2) is 14.4 Å². The summed E-state index contributed by atoms with van der Waals surface area (Å²) in [5.74, 6) is 0.414. The molecule has 0 N–H and O–H groups in total. The van der Waals surface area contributed by atoms with Gasteiger partial charge in [0.05, 0.1) is 0 Å². The second-order valence-corrected chi connectivity index (χ2v) is 10.7. The maximum atomic E-state index is 14.2. The van der Waals surface area contributed by atoms with Crippen molar-refractivity contribution in [3.8, 4) is 11.1 Å². The van der Waals surface area contributed by atoms with Crippen LogP contribution in [0.2, 0.25) is 0 Å². The van der Waals surface area contributed by atoms with Gasteiger partial charge in [-0.3, -0.25) is 4.79 Å². The molecule has 2 spiro atoms. The molecule has 6 nitrogen and oxygen atoms in total. The Kier molecular flexibility index (Phi) is 4.05. The number of likely N-dealkylation sites (tertiary alicyclic amines) is 2. The van der Waals surface area contributed by atoms with Crippen LogP contribution in [-0.2, 0) is 5.41 Å². The van der Waals surface area contributed by atoms with Crippen molar-refractivity contribution >= 4 is 17.5 Å². The van der Waals surface area contributed by atoms with Gasteiger partial charge in [0, 0.05) is 78.3 Å². The van der Waals surface area contributed by atoms with E-state index in [1.54, 1.807) is 24.5 Å². The molecule has 0 unspecified atom stereocenters. The number of hydrogen-bond donors (Lipinski definition) is 0. The van der Waals surface area contributed by atoms with Crippen LogP contribution in [0, 0.1) is 11.2 Å². The quantitative estimate of drug-likeness (QED) is 0.601. The van der Waals surface area contributed by atoms with Gasteiger partial charge in [-0.2, -0.15) is 0 Å². The Labute approximate surface area is 198 Å². The Hall–Kier alpha value is -3.32. The highest BCUT2D eigenvalue weighted by molar-refractivity contribution is 5.96. The summed E-state index contributed by atoms with van der Waals surface area (Å²) in [6.07, 6.45) is 5.64. The number of carbonyl (C=O) groups is 1. The highest BCUT2D eigenvalue weighted by Crippen LogP contribution is 2.58. The zero-order valence-electron chi connectivity index (χ0n) is 19.2. The highest BCUT2D eigenvalue weighted by atomic mass is 19.1. The predicted molar refractivity (Wildman–Crippen MR) is 128 cm³/mol. The minimum absolute atomic E-state index is 0.107. The Morgan fingerprint density at radius 2 is 1.71 bits per heavy atom. The van der Waals surface area contributed by atoms with Crippen molar-refractivity contribution in [2.75, 3.05) is 44.7 Å². The SMILES string of the molecule is CN1CC2(C1)CN(C(=O)c1ccc3c(c1)N(c1ncc(-c4ccccc4F)cn1)CC31CC1)C2.